The Balaban J connectivity index is 1.81. The Morgan fingerprint density at radius 1 is 1.05 bits per heavy atom. The monoisotopic (exact) mass is 532 g/mol. The second-order valence-corrected chi connectivity index (χ2v) is 8.19. The average molecular weight is 533 g/mol. The smallest absolute Gasteiger partial charge is 0.217 e. The molecule has 2 aromatic carbocycles. The molecular weight excluding hydrogens is 506 g/mol. The van der Waals surface area contributed by atoms with Crippen LogP contribution in [-0.2, 0) is 7.05 Å². The molecule has 0 aliphatic carbocycles. The fourth-order valence-corrected chi connectivity index (χ4v) is 3.72. The highest BCUT2D eigenvalue weighted by atomic mass is 19.1. The van der Waals surface area contributed by atoms with E-state index in [2.05, 4.69) is 31.9 Å². The Morgan fingerprint density at radius 3 is 2.44 bits per heavy atom. The van der Waals surface area contributed by atoms with Crippen LogP contribution in [0.25, 0.3) is 0 Å². The van der Waals surface area contributed by atoms with Crippen LogP contribution in [0.1, 0.15) is 18.3 Å². The van der Waals surface area contributed by atoms with Gasteiger partial charge in [0.1, 0.15) is 5.69 Å². The SMILES string of the molecule is COc1ccnc(C#CCN(c2cccc(N=C(C)c3cnn(C)c3)c2)c2c(F)c(OC)cc(OC)c2F)n1. The summed E-state index contributed by atoms with van der Waals surface area (Å²) >= 11 is 0. The molecule has 9 nitrogen and oxygen atoms in total. The minimum absolute atomic E-state index is 0.126. The zero-order chi connectivity index (χ0) is 27.9. The number of aryl methyl sites for hydroxylation is 1. The molecule has 2 aromatic heterocycles. The number of aromatic nitrogens is 4. The van der Waals surface area contributed by atoms with Gasteiger partial charge in [0.25, 0.3) is 0 Å². The van der Waals surface area contributed by atoms with Crippen LogP contribution in [-0.4, -0.2) is 53.3 Å². The Hall–Kier alpha value is -4.98. The molecule has 2 heterocycles. The van der Waals surface area contributed by atoms with Gasteiger partial charge in [0.15, 0.2) is 23.1 Å². The van der Waals surface area contributed by atoms with Crippen LogP contribution < -0.4 is 19.1 Å². The van der Waals surface area contributed by atoms with Crippen molar-refractivity contribution in [3.8, 4) is 29.2 Å². The number of methoxy groups -OCH3 is 3. The van der Waals surface area contributed by atoms with Crippen LogP contribution in [0.3, 0.4) is 0 Å². The summed E-state index contributed by atoms with van der Waals surface area (Å²) in [5, 5.41) is 4.17. The van der Waals surface area contributed by atoms with E-state index in [0.29, 0.717) is 17.3 Å². The van der Waals surface area contributed by atoms with E-state index in [0.717, 1.165) is 17.3 Å². The standard InChI is InChI=1S/C28H26F2N6O3/c1-18(19-16-32-35(2)17-19)33-20-8-6-9-21(14-20)36(13-7-10-24-31-12-11-25(34-24)39-5)28-26(29)22(37-3)15-23(38-4)27(28)30/h6,8-9,11-12,14-17H,13H2,1-5H3. The molecule has 4 rings (SSSR count). The number of benzene rings is 2. The average Bonchev–Trinajstić information content (AvgIpc) is 3.39. The van der Waals surface area contributed by atoms with Crippen LogP contribution in [0.15, 0.2) is 60.0 Å². The molecule has 39 heavy (non-hydrogen) atoms. The fraction of sp³-hybridized carbons (Fsp3) is 0.214. The summed E-state index contributed by atoms with van der Waals surface area (Å²) < 4.78 is 48.2. The van der Waals surface area contributed by atoms with Crippen molar-refractivity contribution in [3.63, 3.8) is 0 Å². The lowest BCUT2D eigenvalue weighted by Crippen LogP contribution is -2.21. The molecule has 0 atom stereocenters. The van der Waals surface area contributed by atoms with Crippen LogP contribution in [0.5, 0.6) is 17.4 Å². The van der Waals surface area contributed by atoms with E-state index in [4.69, 9.17) is 14.2 Å². The first-order chi connectivity index (χ1) is 18.8. The summed E-state index contributed by atoms with van der Waals surface area (Å²) in [4.78, 5) is 14.3. The number of aliphatic imine (C=N–C) groups is 1. The van der Waals surface area contributed by atoms with E-state index in [1.807, 2.05) is 20.2 Å². The van der Waals surface area contributed by atoms with Gasteiger partial charge in [-0.25, -0.2) is 13.8 Å². The summed E-state index contributed by atoms with van der Waals surface area (Å²) in [5.41, 5.74) is 2.18. The van der Waals surface area contributed by atoms with Crippen LogP contribution in [0.4, 0.5) is 25.8 Å². The van der Waals surface area contributed by atoms with E-state index >= 15 is 8.78 Å². The molecule has 0 fully saturated rings. The van der Waals surface area contributed by atoms with Crippen molar-refractivity contribution in [3.05, 3.63) is 78.0 Å². The topological polar surface area (TPSA) is 86.9 Å². The summed E-state index contributed by atoms with van der Waals surface area (Å²) in [7, 11) is 5.88. The first-order valence-electron chi connectivity index (χ1n) is 11.7. The summed E-state index contributed by atoms with van der Waals surface area (Å²) in [6.45, 7) is 1.73. The number of rotatable bonds is 8. The van der Waals surface area contributed by atoms with Crippen LogP contribution >= 0.6 is 0 Å². The van der Waals surface area contributed by atoms with Gasteiger partial charge in [-0.1, -0.05) is 12.0 Å². The third kappa shape index (κ3) is 6.13. The second kappa shape index (κ2) is 12.0. The van der Waals surface area contributed by atoms with Gasteiger partial charge in [0, 0.05) is 48.5 Å². The molecule has 11 heteroatoms. The maximum absolute atomic E-state index is 15.6. The van der Waals surface area contributed by atoms with Gasteiger partial charge in [-0.05, 0) is 31.0 Å². The van der Waals surface area contributed by atoms with Crippen LogP contribution in [0.2, 0.25) is 0 Å². The van der Waals surface area contributed by atoms with E-state index in [1.54, 1.807) is 41.2 Å². The highest BCUT2D eigenvalue weighted by Crippen LogP contribution is 2.40. The summed E-state index contributed by atoms with van der Waals surface area (Å²) in [5.74, 6) is 4.08. The Morgan fingerprint density at radius 2 is 1.79 bits per heavy atom. The number of nitrogens with zero attached hydrogens (tertiary/aromatic N) is 6. The van der Waals surface area contributed by atoms with Crippen molar-refractivity contribution < 1.29 is 23.0 Å². The Labute approximate surface area is 224 Å². The zero-order valence-electron chi connectivity index (χ0n) is 22.1. The van der Waals surface area contributed by atoms with Gasteiger partial charge in [0.2, 0.25) is 11.7 Å². The van der Waals surface area contributed by atoms with Gasteiger partial charge in [-0.2, -0.15) is 10.1 Å². The molecule has 0 saturated carbocycles. The molecule has 0 aliphatic rings. The van der Waals surface area contributed by atoms with Gasteiger partial charge >= 0.3 is 0 Å². The van der Waals surface area contributed by atoms with Crippen LogP contribution in [0, 0.1) is 23.5 Å². The highest BCUT2D eigenvalue weighted by Gasteiger charge is 2.26. The molecule has 0 radical (unpaired) electrons. The van der Waals surface area contributed by atoms with E-state index in [9.17, 15) is 0 Å². The molecule has 0 bridgehead atoms. The highest BCUT2D eigenvalue weighted by molar-refractivity contribution is 6.00. The Kier molecular flexibility index (Phi) is 8.36. The maximum atomic E-state index is 15.6. The zero-order valence-corrected chi connectivity index (χ0v) is 22.1. The number of hydrogen-bond donors (Lipinski definition) is 0. The lowest BCUT2D eigenvalue weighted by molar-refractivity contribution is 0.359. The third-order valence-electron chi connectivity index (χ3n) is 5.66. The first kappa shape index (κ1) is 27.1. The lowest BCUT2D eigenvalue weighted by atomic mass is 10.1. The van der Waals surface area contributed by atoms with Gasteiger partial charge in [0.05, 0.1) is 39.8 Å². The normalized spacial score (nSPS) is 11.0. The molecule has 0 aliphatic heterocycles. The fourth-order valence-electron chi connectivity index (χ4n) is 3.72. The van der Waals surface area contributed by atoms with E-state index < -0.39 is 17.3 Å². The number of anilines is 2. The third-order valence-corrected chi connectivity index (χ3v) is 5.66. The summed E-state index contributed by atoms with van der Waals surface area (Å²) in [6, 6.07) is 9.67. The predicted octanol–water partition coefficient (Wildman–Crippen LogP) is 4.84. The first-order valence-corrected chi connectivity index (χ1v) is 11.7. The largest absolute Gasteiger partial charge is 0.493 e. The minimum atomic E-state index is -0.907. The molecular formula is C28H26F2N6O3. The van der Waals surface area contributed by atoms with E-state index in [-0.39, 0.29) is 23.9 Å². The van der Waals surface area contributed by atoms with Crippen molar-refractivity contribution in [1.29, 1.82) is 0 Å². The number of ether oxygens (including phenoxy) is 3. The molecule has 0 spiro atoms. The second-order valence-electron chi connectivity index (χ2n) is 8.19. The van der Waals surface area contributed by atoms with Crippen molar-refractivity contribution in [2.24, 2.45) is 12.0 Å². The molecule has 0 amide bonds. The quantitative estimate of drug-likeness (QED) is 0.237. The van der Waals surface area contributed by atoms with Crippen molar-refractivity contribution >= 4 is 22.8 Å². The van der Waals surface area contributed by atoms with Crippen molar-refractivity contribution in [1.82, 2.24) is 19.7 Å². The Bertz CT molecular complexity index is 1550. The molecule has 4 aromatic rings. The number of hydrogen-bond acceptors (Lipinski definition) is 8. The lowest BCUT2D eigenvalue weighted by Gasteiger charge is -2.25. The van der Waals surface area contributed by atoms with Crippen molar-refractivity contribution in [2.75, 3.05) is 32.8 Å². The number of halogens is 2. The summed E-state index contributed by atoms with van der Waals surface area (Å²) in [6.07, 6.45) is 5.06. The molecule has 0 saturated heterocycles. The van der Waals surface area contributed by atoms with Gasteiger partial charge in [-0.15, -0.1) is 0 Å². The maximum Gasteiger partial charge on any atom is 0.217 e. The van der Waals surface area contributed by atoms with Gasteiger partial charge < -0.3 is 19.1 Å². The predicted molar refractivity (Wildman–Crippen MR) is 143 cm³/mol. The molecule has 0 unspecified atom stereocenters. The molecule has 200 valence electrons. The van der Waals surface area contributed by atoms with E-state index in [1.165, 1.54) is 32.4 Å². The minimum Gasteiger partial charge on any atom is -0.493 e. The van der Waals surface area contributed by atoms with Crippen molar-refractivity contribution in [2.45, 2.75) is 6.92 Å². The molecule has 0 N–H and O–H groups in total. The van der Waals surface area contributed by atoms with Gasteiger partial charge in [-0.3, -0.25) is 9.67 Å².